The summed E-state index contributed by atoms with van der Waals surface area (Å²) in [6.07, 6.45) is 2.36. The zero-order valence-electron chi connectivity index (χ0n) is 10.3. The molecule has 1 aliphatic rings. The molecule has 4 nitrogen and oxygen atoms in total. The first kappa shape index (κ1) is 14.6. The van der Waals surface area contributed by atoms with Crippen molar-refractivity contribution in [2.75, 3.05) is 26.2 Å². The minimum atomic E-state index is -4.01. The first-order valence-corrected chi connectivity index (χ1v) is 8.37. The Bertz CT molecular complexity index is 544. The normalized spacial score (nSPS) is 16.7. The average Bonchev–Trinajstić information content (AvgIpc) is 2.83. The van der Waals surface area contributed by atoms with Crippen LogP contribution in [0.25, 0.3) is 0 Å². The van der Waals surface area contributed by atoms with Crippen molar-refractivity contribution in [3.63, 3.8) is 0 Å². The van der Waals surface area contributed by atoms with Crippen molar-refractivity contribution >= 4 is 19.7 Å². The van der Waals surface area contributed by atoms with Gasteiger partial charge in [0.15, 0.2) is 0 Å². The molecule has 1 aliphatic heterocycles. The maximum absolute atomic E-state index is 13.1. The van der Waals surface area contributed by atoms with Crippen LogP contribution in [-0.2, 0) is 9.05 Å². The second-order valence-corrected chi connectivity index (χ2v) is 6.96. The second kappa shape index (κ2) is 6.07. The predicted molar refractivity (Wildman–Crippen MR) is 70.6 cm³/mol. The number of benzene rings is 1. The summed E-state index contributed by atoms with van der Waals surface area (Å²) in [5, 5.41) is 0. The van der Waals surface area contributed by atoms with Gasteiger partial charge in [-0.15, -0.1) is 0 Å². The van der Waals surface area contributed by atoms with Crippen molar-refractivity contribution in [2.45, 2.75) is 17.7 Å². The van der Waals surface area contributed by atoms with Gasteiger partial charge in [-0.25, -0.2) is 12.8 Å². The lowest BCUT2D eigenvalue weighted by atomic mass is 10.3. The van der Waals surface area contributed by atoms with Crippen molar-refractivity contribution in [1.29, 1.82) is 0 Å². The van der Waals surface area contributed by atoms with Crippen LogP contribution in [0, 0.1) is 5.82 Å². The zero-order valence-corrected chi connectivity index (χ0v) is 11.9. The van der Waals surface area contributed by atoms with E-state index in [2.05, 4.69) is 4.90 Å². The lowest BCUT2D eigenvalue weighted by Gasteiger charge is -2.15. The van der Waals surface area contributed by atoms with Gasteiger partial charge in [-0.2, -0.15) is 0 Å². The second-order valence-electron chi connectivity index (χ2n) is 4.43. The van der Waals surface area contributed by atoms with Crippen LogP contribution in [0.15, 0.2) is 23.1 Å². The van der Waals surface area contributed by atoms with Crippen molar-refractivity contribution in [3.05, 3.63) is 24.0 Å². The molecule has 1 heterocycles. The van der Waals surface area contributed by atoms with Crippen LogP contribution in [0.2, 0.25) is 0 Å². The Labute approximate surface area is 116 Å². The Kier molecular flexibility index (Phi) is 4.65. The van der Waals surface area contributed by atoms with Gasteiger partial charge in [0.2, 0.25) is 0 Å². The molecule has 7 heteroatoms. The van der Waals surface area contributed by atoms with E-state index in [0.29, 0.717) is 6.61 Å². The molecule has 1 aromatic carbocycles. The minimum Gasteiger partial charge on any atom is -0.491 e. The molecule has 1 aromatic rings. The van der Waals surface area contributed by atoms with E-state index >= 15 is 0 Å². The molecule has 0 radical (unpaired) electrons. The van der Waals surface area contributed by atoms with Crippen molar-refractivity contribution in [3.8, 4) is 5.75 Å². The van der Waals surface area contributed by atoms with Gasteiger partial charge in [-0.3, -0.25) is 4.90 Å². The molecule has 0 spiro atoms. The fourth-order valence-electron chi connectivity index (χ4n) is 2.08. The van der Waals surface area contributed by atoms with Gasteiger partial charge >= 0.3 is 0 Å². The molecule has 0 unspecified atom stereocenters. The summed E-state index contributed by atoms with van der Waals surface area (Å²) >= 11 is 0. The maximum Gasteiger partial charge on any atom is 0.265 e. The summed E-state index contributed by atoms with van der Waals surface area (Å²) < 4.78 is 41.1. The summed E-state index contributed by atoms with van der Waals surface area (Å²) in [5.74, 6) is -0.568. The molecular weight excluding hydrogens is 293 g/mol. The highest BCUT2D eigenvalue weighted by Gasteiger charge is 2.18. The molecule has 0 aliphatic carbocycles. The third-order valence-corrected chi connectivity index (χ3v) is 4.38. The molecule has 0 N–H and O–H groups in total. The van der Waals surface area contributed by atoms with Crippen LogP contribution < -0.4 is 4.74 Å². The lowest BCUT2D eigenvalue weighted by molar-refractivity contribution is 0.234. The van der Waals surface area contributed by atoms with Crippen molar-refractivity contribution < 1.29 is 17.5 Å². The lowest BCUT2D eigenvalue weighted by Crippen LogP contribution is -2.25. The predicted octanol–water partition coefficient (Wildman–Crippen LogP) is 2.23. The van der Waals surface area contributed by atoms with Crippen LogP contribution in [0.5, 0.6) is 5.75 Å². The average molecular weight is 308 g/mol. The molecule has 0 amide bonds. The number of likely N-dealkylation sites (tertiary alicyclic amines) is 1. The monoisotopic (exact) mass is 307 g/mol. The molecule has 0 bridgehead atoms. The van der Waals surface area contributed by atoms with Crippen LogP contribution in [0.3, 0.4) is 0 Å². The highest BCUT2D eigenvalue weighted by atomic mass is 35.7. The number of rotatable bonds is 5. The third kappa shape index (κ3) is 4.06. The number of ether oxygens (including phenoxy) is 1. The van der Waals surface area contributed by atoms with E-state index in [0.717, 1.165) is 31.8 Å². The highest BCUT2D eigenvalue weighted by Crippen LogP contribution is 2.27. The fourth-order valence-corrected chi connectivity index (χ4v) is 3.06. The Hall–Kier alpha value is -0.850. The topological polar surface area (TPSA) is 46.6 Å². The van der Waals surface area contributed by atoms with Crippen LogP contribution in [0.4, 0.5) is 4.39 Å². The molecule has 106 valence electrons. The van der Waals surface area contributed by atoms with Gasteiger partial charge in [0.1, 0.15) is 23.1 Å². The maximum atomic E-state index is 13.1. The Morgan fingerprint density at radius 2 is 2.00 bits per heavy atom. The van der Waals surface area contributed by atoms with Crippen molar-refractivity contribution in [1.82, 2.24) is 4.90 Å². The molecule has 0 atom stereocenters. The van der Waals surface area contributed by atoms with Gasteiger partial charge in [0.25, 0.3) is 9.05 Å². The van der Waals surface area contributed by atoms with Gasteiger partial charge in [0.05, 0.1) is 0 Å². The van der Waals surface area contributed by atoms with E-state index in [-0.39, 0.29) is 10.6 Å². The number of hydrogen-bond acceptors (Lipinski definition) is 4. The summed E-state index contributed by atoms with van der Waals surface area (Å²) in [4.78, 5) is 1.91. The van der Waals surface area contributed by atoms with E-state index in [1.54, 1.807) is 0 Å². The molecule has 0 saturated carbocycles. The van der Waals surface area contributed by atoms with Crippen molar-refractivity contribution in [2.24, 2.45) is 0 Å². The molecule has 0 aromatic heterocycles. The smallest absolute Gasteiger partial charge is 0.265 e. The summed E-state index contributed by atoms with van der Waals surface area (Å²) in [5.41, 5.74) is 0. The number of halogens is 2. The Morgan fingerprint density at radius 3 is 2.63 bits per heavy atom. The largest absolute Gasteiger partial charge is 0.491 e. The van der Waals surface area contributed by atoms with E-state index in [9.17, 15) is 12.8 Å². The summed E-state index contributed by atoms with van der Waals surface area (Å²) in [6, 6.07) is 3.30. The van der Waals surface area contributed by atoms with Gasteiger partial charge in [-0.1, -0.05) is 0 Å². The van der Waals surface area contributed by atoms with E-state index in [4.69, 9.17) is 15.4 Å². The minimum absolute atomic E-state index is 0.0931. The molecule has 2 rings (SSSR count). The quantitative estimate of drug-likeness (QED) is 0.783. The molecule has 1 fully saturated rings. The van der Waals surface area contributed by atoms with E-state index in [1.807, 2.05) is 0 Å². The fraction of sp³-hybridized carbons (Fsp3) is 0.500. The zero-order chi connectivity index (χ0) is 13.9. The molecule has 1 saturated heterocycles. The first-order valence-electron chi connectivity index (χ1n) is 6.06. The van der Waals surface area contributed by atoms with Gasteiger partial charge < -0.3 is 4.74 Å². The Balaban J connectivity index is 2.03. The van der Waals surface area contributed by atoms with Crippen LogP contribution in [-0.4, -0.2) is 39.6 Å². The standard InChI is InChI=1S/C12H15ClFNO3S/c13-19(16,17)12-9-10(14)3-4-11(12)18-8-7-15-5-1-2-6-15/h3-4,9H,1-2,5-8H2. The Morgan fingerprint density at radius 1 is 1.32 bits per heavy atom. The number of hydrogen-bond donors (Lipinski definition) is 0. The van der Waals surface area contributed by atoms with Gasteiger partial charge in [0, 0.05) is 17.2 Å². The van der Waals surface area contributed by atoms with E-state index < -0.39 is 14.9 Å². The van der Waals surface area contributed by atoms with Crippen LogP contribution >= 0.6 is 10.7 Å². The molecular formula is C12H15ClFNO3S. The first-order chi connectivity index (χ1) is 8.97. The number of nitrogens with zero attached hydrogens (tertiary/aromatic N) is 1. The van der Waals surface area contributed by atoms with E-state index in [1.165, 1.54) is 18.9 Å². The third-order valence-electron chi connectivity index (χ3n) is 3.03. The summed E-state index contributed by atoms with van der Waals surface area (Å²) in [6.45, 7) is 3.14. The van der Waals surface area contributed by atoms with Gasteiger partial charge in [-0.05, 0) is 44.1 Å². The van der Waals surface area contributed by atoms with Crippen LogP contribution in [0.1, 0.15) is 12.8 Å². The SMILES string of the molecule is O=S(=O)(Cl)c1cc(F)ccc1OCCN1CCCC1. The highest BCUT2D eigenvalue weighted by molar-refractivity contribution is 8.13. The summed E-state index contributed by atoms with van der Waals surface area (Å²) in [7, 11) is 1.25. The molecule has 19 heavy (non-hydrogen) atoms.